The molecular weight excluding hydrogens is 460 g/mol. The molecule has 1 rings (SSSR count). The van der Waals surface area contributed by atoms with Gasteiger partial charge in [0, 0.05) is 34.9 Å². The van der Waals surface area contributed by atoms with Gasteiger partial charge in [-0.3, -0.25) is 9.59 Å². The molecule has 0 saturated carbocycles. The number of unbranched alkanes of at least 4 members (excludes halogenated alkanes) is 6. The van der Waals surface area contributed by atoms with Crippen LogP contribution in [-0.4, -0.2) is 40.5 Å². The number of carbonyl (C=O) groups is 2. The lowest BCUT2D eigenvalue weighted by Crippen LogP contribution is -2.33. The Morgan fingerprint density at radius 1 is 0.731 bits per heavy atom. The summed E-state index contributed by atoms with van der Waals surface area (Å²) in [6.07, 6.45) is 9.06. The first-order valence-electron chi connectivity index (χ1n) is 9.41. The van der Waals surface area contributed by atoms with Crippen LogP contribution in [0.3, 0.4) is 0 Å². The van der Waals surface area contributed by atoms with Gasteiger partial charge in [-0.15, -0.1) is 0 Å². The van der Waals surface area contributed by atoms with Crippen LogP contribution in [0.1, 0.15) is 72.1 Å². The van der Waals surface area contributed by atoms with E-state index < -0.39 is 5.91 Å². The largest absolute Gasteiger partial charge is 0.366 e. The highest BCUT2D eigenvalue weighted by Crippen LogP contribution is 2.12. The molecule has 26 heavy (non-hydrogen) atoms. The molecule has 0 aliphatic rings. The van der Waals surface area contributed by atoms with Crippen LogP contribution >= 0.6 is 31.9 Å². The number of carbonyl (C=O) groups excluding carboxylic acids is 2. The molecule has 0 aromatic heterocycles. The van der Waals surface area contributed by atoms with E-state index in [2.05, 4.69) is 31.9 Å². The van der Waals surface area contributed by atoms with Crippen molar-refractivity contribution in [2.24, 2.45) is 5.73 Å². The number of hydrogen-bond acceptors (Lipinski definition) is 2. The molecular formula is C20H30Br2N2O2. The monoisotopic (exact) mass is 488 g/mol. The van der Waals surface area contributed by atoms with E-state index in [9.17, 15) is 9.59 Å². The molecule has 0 radical (unpaired) electrons. The van der Waals surface area contributed by atoms with Crippen molar-refractivity contribution in [2.45, 2.75) is 51.4 Å². The van der Waals surface area contributed by atoms with Gasteiger partial charge < -0.3 is 10.6 Å². The number of amides is 2. The van der Waals surface area contributed by atoms with Crippen LogP contribution in [-0.2, 0) is 0 Å². The molecule has 0 aliphatic carbocycles. The molecule has 0 aliphatic heterocycles. The molecule has 4 nitrogen and oxygen atoms in total. The van der Waals surface area contributed by atoms with E-state index in [0.717, 1.165) is 49.4 Å². The number of halogens is 2. The average Bonchev–Trinajstić information content (AvgIpc) is 2.65. The summed E-state index contributed by atoms with van der Waals surface area (Å²) in [5.41, 5.74) is 6.32. The summed E-state index contributed by atoms with van der Waals surface area (Å²) in [6, 6.07) is 6.65. The minimum absolute atomic E-state index is 0.0435. The third kappa shape index (κ3) is 9.17. The Labute approximate surface area is 174 Å². The van der Waals surface area contributed by atoms with E-state index in [4.69, 9.17) is 5.73 Å². The Morgan fingerprint density at radius 3 is 1.58 bits per heavy atom. The Hall–Kier alpha value is -0.880. The maximum absolute atomic E-state index is 12.9. The Kier molecular flexibility index (Phi) is 12.7. The van der Waals surface area contributed by atoms with E-state index in [1.54, 1.807) is 24.3 Å². The van der Waals surface area contributed by atoms with Crippen LogP contribution in [0.2, 0.25) is 0 Å². The van der Waals surface area contributed by atoms with Crippen molar-refractivity contribution in [3.63, 3.8) is 0 Å². The van der Waals surface area contributed by atoms with E-state index >= 15 is 0 Å². The van der Waals surface area contributed by atoms with E-state index in [0.29, 0.717) is 11.1 Å². The first kappa shape index (κ1) is 23.2. The standard InChI is InChI=1S/C20H30Br2N2O2/c21-13-5-1-3-7-15-24(16-8-4-2-6-14-22)20(26)18-11-9-17(10-12-18)19(23)25/h9-12H,1-8,13-16H2,(H2,23,25). The average molecular weight is 490 g/mol. The molecule has 0 bridgehead atoms. The molecule has 0 spiro atoms. The van der Waals surface area contributed by atoms with Crippen molar-refractivity contribution < 1.29 is 9.59 Å². The van der Waals surface area contributed by atoms with Crippen LogP contribution in [0.4, 0.5) is 0 Å². The van der Waals surface area contributed by atoms with Gasteiger partial charge in [-0.25, -0.2) is 0 Å². The van der Waals surface area contributed by atoms with Crippen molar-refractivity contribution in [3.05, 3.63) is 35.4 Å². The topological polar surface area (TPSA) is 63.4 Å². The number of nitrogens with two attached hydrogens (primary N) is 1. The number of hydrogen-bond donors (Lipinski definition) is 1. The third-order valence-electron chi connectivity index (χ3n) is 4.33. The highest BCUT2D eigenvalue weighted by molar-refractivity contribution is 9.09. The summed E-state index contributed by atoms with van der Waals surface area (Å²) in [5.74, 6) is -0.429. The van der Waals surface area contributed by atoms with Gasteiger partial charge in [-0.05, 0) is 49.9 Å². The lowest BCUT2D eigenvalue weighted by Gasteiger charge is -2.23. The second-order valence-electron chi connectivity index (χ2n) is 6.44. The lowest BCUT2D eigenvalue weighted by molar-refractivity contribution is 0.0748. The van der Waals surface area contributed by atoms with E-state index in [1.165, 1.54) is 25.7 Å². The van der Waals surface area contributed by atoms with E-state index in [1.807, 2.05) is 4.90 Å². The van der Waals surface area contributed by atoms with Crippen LogP contribution in [0.15, 0.2) is 24.3 Å². The fourth-order valence-corrected chi connectivity index (χ4v) is 3.57. The number of nitrogens with zero attached hydrogens (tertiary/aromatic N) is 1. The van der Waals surface area contributed by atoms with E-state index in [-0.39, 0.29) is 5.91 Å². The normalized spacial score (nSPS) is 10.7. The zero-order valence-electron chi connectivity index (χ0n) is 15.4. The summed E-state index contributed by atoms with van der Waals surface area (Å²) >= 11 is 6.91. The highest BCUT2D eigenvalue weighted by atomic mass is 79.9. The molecule has 2 amide bonds. The van der Waals surface area contributed by atoms with Crippen molar-refractivity contribution in [1.29, 1.82) is 0 Å². The molecule has 2 N–H and O–H groups in total. The lowest BCUT2D eigenvalue weighted by atomic mass is 10.1. The Balaban J connectivity index is 2.61. The second kappa shape index (κ2) is 14.2. The summed E-state index contributed by atoms with van der Waals surface area (Å²) in [5, 5.41) is 2.07. The van der Waals surface area contributed by atoms with Gasteiger partial charge in [0.2, 0.25) is 5.91 Å². The van der Waals surface area contributed by atoms with Gasteiger partial charge in [-0.1, -0.05) is 57.5 Å². The first-order chi connectivity index (χ1) is 12.6. The molecule has 0 heterocycles. The molecule has 1 aromatic rings. The van der Waals surface area contributed by atoms with Crippen LogP contribution in [0.25, 0.3) is 0 Å². The first-order valence-corrected chi connectivity index (χ1v) is 11.7. The summed E-state index contributed by atoms with van der Waals surface area (Å²) in [7, 11) is 0. The highest BCUT2D eigenvalue weighted by Gasteiger charge is 2.15. The van der Waals surface area contributed by atoms with Gasteiger partial charge in [-0.2, -0.15) is 0 Å². The minimum atomic E-state index is -0.473. The van der Waals surface area contributed by atoms with Gasteiger partial charge in [0.1, 0.15) is 0 Å². The SMILES string of the molecule is NC(=O)c1ccc(C(=O)N(CCCCCCBr)CCCCCCBr)cc1. The number of primary amides is 1. The summed E-state index contributed by atoms with van der Waals surface area (Å²) in [6.45, 7) is 1.58. The van der Waals surface area contributed by atoms with Crippen LogP contribution < -0.4 is 5.73 Å². The number of rotatable bonds is 14. The van der Waals surface area contributed by atoms with Crippen molar-refractivity contribution in [2.75, 3.05) is 23.7 Å². The quantitative estimate of drug-likeness (QED) is 0.290. The molecule has 1 aromatic carbocycles. The fourth-order valence-electron chi connectivity index (χ4n) is 2.78. The number of benzene rings is 1. The van der Waals surface area contributed by atoms with Gasteiger partial charge in [0.25, 0.3) is 5.91 Å². The molecule has 6 heteroatoms. The van der Waals surface area contributed by atoms with Crippen molar-refractivity contribution in [1.82, 2.24) is 4.90 Å². The second-order valence-corrected chi connectivity index (χ2v) is 8.03. The molecule has 0 unspecified atom stereocenters. The van der Waals surface area contributed by atoms with Gasteiger partial charge in [0.05, 0.1) is 0 Å². The summed E-state index contributed by atoms with van der Waals surface area (Å²) in [4.78, 5) is 26.0. The van der Waals surface area contributed by atoms with Gasteiger partial charge >= 0.3 is 0 Å². The number of alkyl halides is 2. The third-order valence-corrected chi connectivity index (χ3v) is 5.45. The maximum Gasteiger partial charge on any atom is 0.253 e. The van der Waals surface area contributed by atoms with Crippen molar-refractivity contribution >= 4 is 43.7 Å². The Morgan fingerprint density at radius 2 is 1.15 bits per heavy atom. The predicted octanol–water partition coefficient (Wildman–Crippen LogP) is 5.14. The molecule has 0 atom stereocenters. The smallest absolute Gasteiger partial charge is 0.253 e. The molecule has 0 saturated heterocycles. The zero-order chi connectivity index (χ0) is 19.2. The molecule has 0 fully saturated rings. The van der Waals surface area contributed by atoms with Crippen molar-refractivity contribution in [3.8, 4) is 0 Å². The summed E-state index contributed by atoms with van der Waals surface area (Å²) < 4.78 is 0. The maximum atomic E-state index is 12.9. The Bertz CT molecular complexity index is 521. The van der Waals surface area contributed by atoms with Gasteiger partial charge in [0.15, 0.2) is 0 Å². The zero-order valence-corrected chi connectivity index (χ0v) is 18.6. The van der Waals surface area contributed by atoms with Crippen LogP contribution in [0.5, 0.6) is 0 Å². The molecule has 146 valence electrons. The van der Waals surface area contributed by atoms with Crippen LogP contribution in [0, 0.1) is 0 Å². The predicted molar refractivity (Wildman–Crippen MR) is 115 cm³/mol. The minimum Gasteiger partial charge on any atom is -0.366 e. The fraction of sp³-hybridized carbons (Fsp3) is 0.600.